The Labute approximate surface area is 159 Å². The molecule has 1 N–H and O–H groups in total. The molecule has 0 fully saturated rings. The molecule has 0 saturated heterocycles. The van der Waals surface area contributed by atoms with Gasteiger partial charge in [-0.15, -0.1) is 0 Å². The minimum absolute atomic E-state index is 0.143. The molecule has 1 aromatic heterocycles. The Bertz CT molecular complexity index is 1110. The summed E-state index contributed by atoms with van der Waals surface area (Å²) in [5.74, 6) is -2.09. The number of aromatic nitrogens is 2. The predicted octanol–water partition coefficient (Wildman–Crippen LogP) is 1.67. The fourth-order valence-corrected chi connectivity index (χ4v) is 3.25. The van der Waals surface area contributed by atoms with Crippen LogP contribution < -0.4 is 16.0 Å². The zero-order chi connectivity index (χ0) is 19.7. The van der Waals surface area contributed by atoms with Crippen molar-refractivity contribution in [2.45, 2.75) is 20.4 Å². The lowest BCUT2D eigenvalue weighted by molar-refractivity contribution is -0.255. The number of amides is 1. The molecule has 7 nitrogen and oxygen atoms in total. The monoisotopic (exact) mass is 384 g/mol. The van der Waals surface area contributed by atoms with Crippen LogP contribution in [0.15, 0.2) is 41.2 Å². The van der Waals surface area contributed by atoms with E-state index in [0.717, 1.165) is 15.8 Å². The molecule has 27 heavy (non-hydrogen) atoms. The highest BCUT2D eigenvalue weighted by molar-refractivity contribution is 6.34. The van der Waals surface area contributed by atoms with Crippen molar-refractivity contribution in [1.82, 2.24) is 9.78 Å². The maximum Gasteiger partial charge on any atom is 0.275 e. The first kappa shape index (κ1) is 18.6. The molecule has 0 aliphatic heterocycles. The van der Waals surface area contributed by atoms with E-state index in [0.29, 0.717) is 10.7 Å². The van der Waals surface area contributed by atoms with Crippen LogP contribution in [0.25, 0.3) is 10.8 Å². The number of carboxylic acids is 1. The van der Waals surface area contributed by atoms with Crippen LogP contribution >= 0.6 is 11.6 Å². The zero-order valence-corrected chi connectivity index (χ0v) is 15.3. The summed E-state index contributed by atoms with van der Waals surface area (Å²) in [5, 5.41) is 18.5. The number of benzene rings is 2. The number of carboxylic acid groups (broad SMARTS) is 1. The molecule has 0 bridgehead atoms. The third kappa shape index (κ3) is 3.68. The molecule has 0 unspecified atom stereocenters. The first-order valence-electron chi connectivity index (χ1n) is 8.05. The standard InChI is InChI=1S/C19H16ClN3O4/c1-10-7-11(2)16(14(20)8-10)21-15(24)9-23-18(25)13-6-4-3-5-12(13)17(22-23)19(26)27/h3-8H,9H2,1-2H3,(H,21,24)(H,26,27)/p-1. The van der Waals surface area contributed by atoms with Gasteiger partial charge >= 0.3 is 0 Å². The lowest BCUT2D eigenvalue weighted by Crippen LogP contribution is -2.34. The molecule has 0 aliphatic carbocycles. The number of fused-ring (bicyclic) bond motifs is 1. The number of nitrogens with zero attached hydrogens (tertiary/aromatic N) is 2. The molecule has 2 aromatic carbocycles. The Balaban J connectivity index is 1.97. The Hall–Kier alpha value is -3.19. The van der Waals surface area contributed by atoms with Crippen LogP contribution in [0, 0.1) is 13.8 Å². The predicted molar refractivity (Wildman–Crippen MR) is 99.9 cm³/mol. The average molecular weight is 385 g/mol. The van der Waals surface area contributed by atoms with Crippen molar-refractivity contribution in [2.75, 3.05) is 5.32 Å². The van der Waals surface area contributed by atoms with Crippen LogP contribution in [0.3, 0.4) is 0 Å². The quantitative estimate of drug-likeness (QED) is 0.736. The molecule has 8 heteroatoms. The summed E-state index contributed by atoms with van der Waals surface area (Å²) >= 11 is 6.17. The highest BCUT2D eigenvalue weighted by Gasteiger charge is 2.15. The highest BCUT2D eigenvalue weighted by atomic mass is 35.5. The average Bonchev–Trinajstić information content (AvgIpc) is 2.60. The normalized spacial score (nSPS) is 10.8. The zero-order valence-electron chi connectivity index (χ0n) is 14.6. The van der Waals surface area contributed by atoms with Crippen molar-refractivity contribution < 1.29 is 14.7 Å². The van der Waals surface area contributed by atoms with Gasteiger partial charge in [0.2, 0.25) is 5.91 Å². The summed E-state index contributed by atoms with van der Waals surface area (Å²) in [6.07, 6.45) is 0. The third-order valence-corrected chi connectivity index (χ3v) is 4.35. The largest absolute Gasteiger partial charge is 0.543 e. The molecule has 0 saturated carbocycles. The Morgan fingerprint density at radius 2 is 1.85 bits per heavy atom. The van der Waals surface area contributed by atoms with Crippen LogP contribution in [0.1, 0.15) is 21.6 Å². The van der Waals surface area contributed by atoms with E-state index < -0.39 is 29.7 Å². The van der Waals surface area contributed by atoms with Crippen molar-refractivity contribution in [3.05, 3.63) is 68.6 Å². The lowest BCUT2D eigenvalue weighted by Gasteiger charge is -2.14. The summed E-state index contributed by atoms with van der Waals surface area (Å²) < 4.78 is 0.806. The van der Waals surface area contributed by atoms with Gasteiger partial charge in [-0.1, -0.05) is 35.9 Å². The van der Waals surface area contributed by atoms with E-state index in [9.17, 15) is 19.5 Å². The molecule has 3 aromatic rings. The van der Waals surface area contributed by atoms with Crippen LogP contribution in [0.2, 0.25) is 5.02 Å². The van der Waals surface area contributed by atoms with E-state index >= 15 is 0 Å². The first-order chi connectivity index (χ1) is 12.8. The van der Waals surface area contributed by atoms with Gasteiger partial charge in [0, 0.05) is 5.39 Å². The van der Waals surface area contributed by atoms with Crippen molar-refractivity contribution in [3.63, 3.8) is 0 Å². The number of nitrogens with one attached hydrogen (secondary N) is 1. The van der Waals surface area contributed by atoms with Gasteiger partial charge in [0.1, 0.15) is 12.2 Å². The number of hydrogen-bond donors (Lipinski definition) is 1. The second kappa shape index (κ2) is 7.20. The van der Waals surface area contributed by atoms with Gasteiger partial charge < -0.3 is 15.2 Å². The number of hydrogen-bond acceptors (Lipinski definition) is 5. The van der Waals surface area contributed by atoms with E-state index in [1.165, 1.54) is 12.1 Å². The van der Waals surface area contributed by atoms with E-state index in [-0.39, 0.29) is 10.8 Å². The topological polar surface area (TPSA) is 104 Å². The van der Waals surface area contributed by atoms with Gasteiger partial charge in [-0.3, -0.25) is 9.59 Å². The van der Waals surface area contributed by atoms with Crippen molar-refractivity contribution in [1.29, 1.82) is 0 Å². The van der Waals surface area contributed by atoms with Gasteiger partial charge in [-0.25, -0.2) is 4.68 Å². The number of halogens is 1. The number of anilines is 1. The summed E-state index contributed by atoms with van der Waals surface area (Å²) in [6.45, 7) is 3.21. The number of rotatable bonds is 4. The van der Waals surface area contributed by atoms with Crippen LogP contribution in [-0.2, 0) is 11.3 Å². The number of carbonyl (C=O) groups excluding carboxylic acids is 2. The Kier molecular flexibility index (Phi) is 4.96. The van der Waals surface area contributed by atoms with Crippen LogP contribution in [0.4, 0.5) is 5.69 Å². The second-order valence-corrected chi connectivity index (χ2v) is 6.54. The van der Waals surface area contributed by atoms with Crippen molar-refractivity contribution in [3.8, 4) is 0 Å². The van der Waals surface area contributed by atoms with Gasteiger partial charge in [0.15, 0.2) is 0 Å². The molecule has 0 aliphatic rings. The second-order valence-electron chi connectivity index (χ2n) is 6.13. The molecule has 0 spiro atoms. The number of aryl methyl sites for hydroxylation is 2. The number of carbonyl (C=O) groups is 2. The summed E-state index contributed by atoms with van der Waals surface area (Å²) in [4.78, 5) is 36.3. The summed E-state index contributed by atoms with van der Waals surface area (Å²) in [6, 6.07) is 9.70. The SMILES string of the molecule is Cc1cc(C)c(NC(=O)Cn2nc(C(=O)[O-])c3ccccc3c2=O)c(Cl)c1. The van der Waals surface area contributed by atoms with Gasteiger partial charge in [0.05, 0.1) is 22.1 Å². The Morgan fingerprint density at radius 3 is 2.48 bits per heavy atom. The molecule has 3 rings (SSSR count). The fourth-order valence-electron chi connectivity index (χ4n) is 2.88. The van der Waals surface area contributed by atoms with Crippen LogP contribution in [0.5, 0.6) is 0 Å². The molecule has 1 heterocycles. The molecule has 0 atom stereocenters. The molecule has 1 amide bonds. The summed E-state index contributed by atoms with van der Waals surface area (Å²) in [5.41, 5.74) is 1.17. The van der Waals surface area contributed by atoms with Crippen molar-refractivity contribution in [2.24, 2.45) is 0 Å². The lowest BCUT2D eigenvalue weighted by atomic mass is 10.1. The van der Waals surface area contributed by atoms with Gasteiger partial charge in [-0.05, 0) is 37.1 Å². The van der Waals surface area contributed by atoms with E-state index in [4.69, 9.17) is 11.6 Å². The maximum absolute atomic E-state index is 12.6. The molecular weight excluding hydrogens is 370 g/mol. The van der Waals surface area contributed by atoms with Gasteiger partial charge in [-0.2, -0.15) is 5.10 Å². The van der Waals surface area contributed by atoms with E-state index in [1.54, 1.807) is 25.1 Å². The van der Waals surface area contributed by atoms with E-state index in [1.807, 2.05) is 13.0 Å². The number of aromatic carboxylic acids is 1. The summed E-state index contributed by atoms with van der Waals surface area (Å²) in [7, 11) is 0. The first-order valence-corrected chi connectivity index (χ1v) is 8.43. The fraction of sp³-hybridized carbons (Fsp3) is 0.158. The van der Waals surface area contributed by atoms with Crippen LogP contribution in [-0.4, -0.2) is 21.7 Å². The van der Waals surface area contributed by atoms with Crippen molar-refractivity contribution >= 4 is 39.9 Å². The van der Waals surface area contributed by atoms with E-state index in [2.05, 4.69) is 10.4 Å². The maximum atomic E-state index is 12.6. The molecular formula is C19H15ClN3O4-. The third-order valence-electron chi connectivity index (χ3n) is 4.05. The Morgan fingerprint density at radius 1 is 1.19 bits per heavy atom. The molecule has 0 radical (unpaired) electrons. The highest BCUT2D eigenvalue weighted by Crippen LogP contribution is 2.27. The van der Waals surface area contributed by atoms with Gasteiger partial charge in [0.25, 0.3) is 5.56 Å². The smallest absolute Gasteiger partial charge is 0.275 e. The minimum atomic E-state index is -1.53. The minimum Gasteiger partial charge on any atom is -0.543 e. The molecule has 138 valence electrons.